The number of carbonyl (C=O) groups is 1. The standard InChI is InChI=1S/C5H10O2.C4H10O3S/c1-5(2,3)4(6)7;1-4(2,3)8(5,6)7/h1-3H3,(H,6,7);1-3H3,(H,5,6,7)/p-2. The summed E-state index contributed by atoms with van der Waals surface area (Å²) in [6.45, 7) is 8.91. The molecular formula is C9H18O5S-2. The highest BCUT2D eigenvalue weighted by molar-refractivity contribution is 7.87. The van der Waals surface area contributed by atoms with E-state index in [4.69, 9.17) is 0 Å². The van der Waals surface area contributed by atoms with Gasteiger partial charge in [-0.15, -0.1) is 0 Å². The fourth-order valence-corrected chi connectivity index (χ4v) is 0. The fourth-order valence-electron chi connectivity index (χ4n) is 0. The normalized spacial score (nSPS) is 12.7. The maximum absolute atomic E-state index is 10.1. The van der Waals surface area contributed by atoms with Crippen molar-refractivity contribution >= 4 is 16.1 Å². The Hall–Kier alpha value is -0.620. The summed E-state index contributed by atoms with van der Waals surface area (Å²) in [7, 11) is -4.09. The van der Waals surface area contributed by atoms with E-state index >= 15 is 0 Å². The van der Waals surface area contributed by atoms with E-state index in [1.54, 1.807) is 20.8 Å². The molecule has 15 heavy (non-hydrogen) atoms. The summed E-state index contributed by atoms with van der Waals surface area (Å²) in [5.74, 6) is -1.01. The predicted molar refractivity (Wildman–Crippen MR) is 53.9 cm³/mol. The van der Waals surface area contributed by atoms with E-state index in [0.29, 0.717) is 0 Å². The number of carboxylic acids is 1. The third-order valence-corrected chi connectivity index (χ3v) is 2.86. The number of carboxylic acid groups (broad SMARTS) is 1. The van der Waals surface area contributed by atoms with Crippen LogP contribution in [0.4, 0.5) is 0 Å². The van der Waals surface area contributed by atoms with Gasteiger partial charge in [0.15, 0.2) is 0 Å². The number of carbonyl (C=O) groups excluding carboxylic acids is 1. The van der Waals surface area contributed by atoms with Gasteiger partial charge in [-0.05, 0) is 20.8 Å². The number of hydrogen-bond acceptors (Lipinski definition) is 5. The first kappa shape index (κ1) is 16.8. The van der Waals surface area contributed by atoms with E-state index in [0.717, 1.165) is 0 Å². The SMILES string of the molecule is CC(C)(C)C(=O)[O-].CC(C)(C)S(=O)(=O)[O-]. The quantitative estimate of drug-likeness (QED) is 0.558. The molecule has 5 nitrogen and oxygen atoms in total. The minimum absolute atomic E-state index is 0.694. The lowest BCUT2D eigenvalue weighted by atomic mass is 9.98. The van der Waals surface area contributed by atoms with Gasteiger partial charge in [0, 0.05) is 11.4 Å². The van der Waals surface area contributed by atoms with E-state index < -0.39 is 26.2 Å². The highest BCUT2D eigenvalue weighted by Crippen LogP contribution is 2.11. The molecule has 0 aliphatic carbocycles. The van der Waals surface area contributed by atoms with Crippen LogP contribution in [0.25, 0.3) is 0 Å². The summed E-state index contributed by atoms with van der Waals surface area (Å²) in [5, 5.41) is 9.91. The first-order valence-corrected chi connectivity index (χ1v) is 5.77. The van der Waals surface area contributed by atoms with Gasteiger partial charge in [-0.1, -0.05) is 20.8 Å². The van der Waals surface area contributed by atoms with Crippen LogP contribution in [0.3, 0.4) is 0 Å². The molecule has 0 heterocycles. The number of rotatable bonds is 0. The summed E-state index contributed by atoms with van der Waals surface area (Å²) >= 11 is 0. The van der Waals surface area contributed by atoms with Crippen molar-refractivity contribution in [3.05, 3.63) is 0 Å². The van der Waals surface area contributed by atoms with Crippen LogP contribution in [-0.2, 0) is 14.9 Å². The van der Waals surface area contributed by atoms with Crippen LogP contribution in [0, 0.1) is 5.41 Å². The maximum atomic E-state index is 10.1. The first-order chi connectivity index (χ1) is 6.19. The van der Waals surface area contributed by atoms with Crippen molar-refractivity contribution in [1.82, 2.24) is 0 Å². The van der Waals surface area contributed by atoms with Gasteiger partial charge in [0.1, 0.15) is 0 Å². The Morgan fingerprint density at radius 2 is 1.13 bits per heavy atom. The molecule has 0 aromatic rings. The van der Waals surface area contributed by atoms with Crippen molar-refractivity contribution in [3.8, 4) is 0 Å². The molecular weight excluding hydrogens is 220 g/mol. The molecule has 92 valence electrons. The number of hydrogen-bond donors (Lipinski definition) is 0. The highest BCUT2D eigenvalue weighted by atomic mass is 32.2. The van der Waals surface area contributed by atoms with Crippen molar-refractivity contribution in [1.29, 1.82) is 0 Å². The van der Waals surface area contributed by atoms with E-state index in [1.807, 2.05) is 0 Å². The lowest BCUT2D eigenvalue weighted by Crippen LogP contribution is -2.35. The van der Waals surface area contributed by atoms with Gasteiger partial charge in [0.25, 0.3) is 0 Å². The molecule has 6 heteroatoms. The second-order valence-electron chi connectivity index (χ2n) is 5.10. The van der Waals surface area contributed by atoms with Crippen LogP contribution in [0.1, 0.15) is 41.5 Å². The molecule has 0 saturated carbocycles. The predicted octanol–water partition coefficient (Wildman–Crippen LogP) is 0.113. The Morgan fingerprint density at radius 3 is 1.13 bits per heavy atom. The van der Waals surface area contributed by atoms with Crippen LogP contribution in [0.5, 0.6) is 0 Å². The van der Waals surface area contributed by atoms with Crippen molar-refractivity contribution in [2.24, 2.45) is 5.41 Å². The summed E-state index contributed by atoms with van der Waals surface area (Å²) < 4.78 is 29.1. The monoisotopic (exact) mass is 238 g/mol. The van der Waals surface area contributed by atoms with E-state index in [9.17, 15) is 22.9 Å². The molecule has 0 aromatic heterocycles. The Morgan fingerprint density at radius 1 is 1.00 bits per heavy atom. The zero-order valence-corrected chi connectivity index (χ0v) is 10.8. The zero-order chi connectivity index (χ0) is 13.1. The van der Waals surface area contributed by atoms with Crippen LogP contribution < -0.4 is 5.11 Å². The lowest BCUT2D eigenvalue weighted by molar-refractivity contribution is -0.316. The van der Waals surface area contributed by atoms with Crippen molar-refractivity contribution < 1.29 is 22.9 Å². The summed E-state index contributed by atoms with van der Waals surface area (Å²) in [6.07, 6.45) is 0. The number of aliphatic carboxylic acids is 1. The molecule has 0 amide bonds. The van der Waals surface area contributed by atoms with Gasteiger partial charge in [0.05, 0.1) is 14.9 Å². The Labute approximate surface area is 91.2 Å². The topological polar surface area (TPSA) is 97.3 Å². The average Bonchev–Trinajstić information content (AvgIpc) is 1.80. The van der Waals surface area contributed by atoms with E-state index in [-0.39, 0.29) is 0 Å². The molecule has 0 aromatic carbocycles. The smallest absolute Gasteiger partial charge is 0.0996 e. The van der Waals surface area contributed by atoms with Crippen molar-refractivity contribution in [2.75, 3.05) is 0 Å². The fraction of sp³-hybridized carbons (Fsp3) is 0.889. The summed E-state index contributed by atoms with van der Waals surface area (Å²) in [4.78, 5) is 9.91. The van der Waals surface area contributed by atoms with Crippen LogP contribution in [0.15, 0.2) is 0 Å². The molecule has 0 N–H and O–H groups in total. The first-order valence-electron chi connectivity index (χ1n) is 4.36. The van der Waals surface area contributed by atoms with Gasteiger partial charge in [-0.2, -0.15) is 0 Å². The molecule has 0 fully saturated rings. The molecule has 0 spiro atoms. The van der Waals surface area contributed by atoms with Crippen LogP contribution >= 0.6 is 0 Å². The molecule has 0 bridgehead atoms. The van der Waals surface area contributed by atoms with E-state index in [1.165, 1.54) is 20.8 Å². The molecule has 0 radical (unpaired) electrons. The third kappa shape index (κ3) is 8.38. The molecule has 0 aliphatic rings. The summed E-state index contributed by atoms with van der Waals surface area (Å²) in [5.41, 5.74) is -0.694. The Kier molecular flexibility index (Phi) is 5.53. The van der Waals surface area contributed by atoms with Crippen LogP contribution in [0.2, 0.25) is 0 Å². The Bertz CT molecular complexity index is 302. The molecule has 0 aliphatic heterocycles. The zero-order valence-electron chi connectivity index (χ0n) is 9.95. The second-order valence-corrected chi connectivity index (χ2v) is 7.24. The Balaban J connectivity index is 0. The van der Waals surface area contributed by atoms with Crippen LogP contribution in [-0.4, -0.2) is 23.7 Å². The van der Waals surface area contributed by atoms with Gasteiger partial charge in [-0.3, -0.25) is 0 Å². The summed E-state index contributed by atoms with van der Waals surface area (Å²) in [6, 6.07) is 0. The molecule has 0 saturated heterocycles. The molecule has 0 unspecified atom stereocenters. The van der Waals surface area contributed by atoms with Gasteiger partial charge >= 0.3 is 0 Å². The molecule has 0 atom stereocenters. The van der Waals surface area contributed by atoms with E-state index in [2.05, 4.69) is 0 Å². The van der Waals surface area contributed by atoms with Gasteiger partial charge in [0.2, 0.25) is 0 Å². The third-order valence-electron chi connectivity index (χ3n) is 1.36. The second kappa shape index (κ2) is 4.94. The highest BCUT2D eigenvalue weighted by Gasteiger charge is 2.17. The van der Waals surface area contributed by atoms with Gasteiger partial charge < -0.3 is 14.5 Å². The van der Waals surface area contributed by atoms with Crippen molar-refractivity contribution in [3.63, 3.8) is 0 Å². The average molecular weight is 238 g/mol. The largest absolute Gasteiger partial charge is 0.748 e. The van der Waals surface area contributed by atoms with Gasteiger partial charge in [-0.25, -0.2) is 8.42 Å². The molecule has 0 rings (SSSR count). The van der Waals surface area contributed by atoms with Crippen molar-refractivity contribution in [2.45, 2.75) is 46.3 Å². The minimum atomic E-state index is -4.09. The maximum Gasteiger partial charge on any atom is 0.0996 e. The minimum Gasteiger partial charge on any atom is -0.748 e. The lowest BCUT2D eigenvalue weighted by Gasteiger charge is -2.22.